The third-order valence-electron chi connectivity index (χ3n) is 4.46. The molecular weight excluding hydrogens is 390 g/mol. The van der Waals surface area contributed by atoms with Gasteiger partial charge in [0.05, 0.1) is 14.2 Å². The van der Waals surface area contributed by atoms with Crippen molar-refractivity contribution in [3.05, 3.63) is 39.9 Å². The van der Waals surface area contributed by atoms with Crippen LogP contribution in [0.3, 0.4) is 0 Å². The van der Waals surface area contributed by atoms with E-state index in [-0.39, 0.29) is 18.6 Å². The molecule has 0 saturated carbocycles. The number of carbonyl (C=O) groups is 1. The molecule has 0 saturated heterocycles. The highest BCUT2D eigenvalue weighted by molar-refractivity contribution is 9.10. The van der Waals surface area contributed by atoms with Crippen molar-refractivity contribution in [1.82, 2.24) is 0 Å². The predicted molar refractivity (Wildman–Crippen MR) is 94.9 cm³/mol. The van der Waals surface area contributed by atoms with E-state index >= 15 is 0 Å². The molecule has 2 aliphatic rings. The second-order valence-corrected chi connectivity index (χ2v) is 6.68. The number of ether oxygens (including phenoxy) is 4. The lowest BCUT2D eigenvalue weighted by atomic mass is 9.84. The Balaban J connectivity index is 1.86. The first kappa shape index (κ1) is 16.1. The van der Waals surface area contributed by atoms with Crippen LogP contribution in [0.1, 0.15) is 23.5 Å². The smallest absolute Gasteiger partial charge is 0.231 e. The van der Waals surface area contributed by atoms with Crippen molar-refractivity contribution < 1.29 is 23.7 Å². The summed E-state index contributed by atoms with van der Waals surface area (Å²) in [4.78, 5) is 12.2. The molecule has 1 amide bonds. The molecule has 1 N–H and O–H groups in total. The molecule has 1 atom stereocenters. The van der Waals surface area contributed by atoms with Crippen molar-refractivity contribution in [2.45, 2.75) is 12.3 Å². The van der Waals surface area contributed by atoms with E-state index in [1.807, 2.05) is 24.3 Å². The molecular formula is C18H16BrNO5. The summed E-state index contributed by atoms with van der Waals surface area (Å²) in [6.45, 7) is 0.191. The molecule has 0 aromatic heterocycles. The maximum atomic E-state index is 12.2. The fraction of sp³-hybridized carbons (Fsp3) is 0.278. The molecule has 6 nitrogen and oxygen atoms in total. The number of nitrogens with one attached hydrogen (secondary N) is 1. The number of methoxy groups -OCH3 is 2. The van der Waals surface area contributed by atoms with E-state index in [0.29, 0.717) is 29.4 Å². The summed E-state index contributed by atoms with van der Waals surface area (Å²) in [7, 11) is 3.18. The average molecular weight is 406 g/mol. The zero-order valence-electron chi connectivity index (χ0n) is 13.7. The van der Waals surface area contributed by atoms with Crippen molar-refractivity contribution in [3.63, 3.8) is 0 Å². The van der Waals surface area contributed by atoms with Crippen LogP contribution in [0.2, 0.25) is 0 Å². The molecule has 4 rings (SSSR count). The third kappa shape index (κ3) is 2.68. The van der Waals surface area contributed by atoms with Gasteiger partial charge in [-0.3, -0.25) is 4.79 Å². The summed E-state index contributed by atoms with van der Waals surface area (Å²) in [6.07, 6.45) is 0.334. The topological polar surface area (TPSA) is 66.0 Å². The van der Waals surface area contributed by atoms with Crippen LogP contribution >= 0.6 is 15.9 Å². The fourth-order valence-electron chi connectivity index (χ4n) is 3.27. The van der Waals surface area contributed by atoms with Gasteiger partial charge in [0, 0.05) is 28.6 Å². The third-order valence-corrected chi connectivity index (χ3v) is 5.15. The maximum absolute atomic E-state index is 12.2. The number of rotatable bonds is 3. The lowest BCUT2D eigenvalue weighted by Crippen LogP contribution is -2.23. The first-order valence-corrected chi connectivity index (χ1v) is 8.55. The van der Waals surface area contributed by atoms with Crippen LogP contribution in [0.15, 0.2) is 28.7 Å². The minimum atomic E-state index is -0.132. The van der Waals surface area contributed by atoms with Crippen LogP contribution in [-0.2, 0) is 4.79 Å². The standard InChI is InChI=1S/C18H16BrNO5/c1-22-14-3-10(12(19)6-15(14)23-2)9-5-18(21)20-13-7-17-16(4-11(9)13)24-8-25-17/h3-4,6-7,9H,5,8H2,1-2H3,(H,20,21). The number of anilines is 1. The second kappa shape index (κ2) is 6.15. The van der Waals surface area contributed by atoms with Crippen LogP contribution in [0, 0.1) is 0 Å². The summed E-state index contributed by atoms with van der Waals surface area (Å²) in [5.74, 6) is 2.41. The van der Waals surface area contributed by atoms with Crippen LogP contribution in [0.5, 0.6) is 23.0 Å². The molecule has 25 heavy (non-hydrogen) atoms. The molecule has 2 aromatic carbocycles. The highest BCUT2D eigenvalue weighted by Gasteiger charge is 2.31. The van der Waals surface area contributed by atoms with Crippen molar-refractivity contribution in [2.75, 3.05) is 26.3 Å². The Hall–Kier alpha value is -2.41. The van der Waals surface area contributed by atoms with Crippen LogP contribution in [0.25, 0.3) is 0 Å². The molecule has 2 aliphatic heterocycles. The molecule has 2 aromatic rings. The highest BCUT2D eigenvalue weighted by Crippen LogP contribution is 2.47. The molecule has 0 bridgehead atoms. The number of amides is 1. The van der Waals surface area contributed by atoms with Gasteiger partial charge in [-0.25, -0.2) is 0 Å². The Morgan fingerprint density at radius 3 is 2.44 bits per heavy atom. The number of benzene rings is 2. The maximum Gasteiger partial charge on any atom is 0.231 e. The van der Waals surface area contributed by atoms with Gasteiger partial charge in [0.15, 0.2) is 23.0 Å². The lowest BCUT2D eigenvalue weighted by molar-refractivity contribution is -0.116. The van der Waals surface area contributed by atoms with E-state index in [1.165, 1.54) is 0 Å². The first-order valence-electron chi connectivity index (χ1n) is 7.75. The van der Waals surface area contributed by atoms with Crippen molar-refractivity contribution in [3.8, 4) is 23.0 Å². The number of hydrogen-bond acceptors (Lipinski definition) is 5. The monoisotopic (exact) mass is 405 g/mol. The van der Waals surface area contributed by atoms with E-state index in [1.54, 1.807) is 14.2 Å². The Morgan fingerprint density at radius 1 is 1.04 bits per heavy atom. The Morgan fingerprint density at radius 2 is 1.72 bits per heavy atom. The van der Waals surface area contributed by atoms with Crippen LogP contribution in [-0.4, -0.2) is 26.9 Å². The van der Waals surface area contributed by atoms with E-state index in [4.69, 9.17) is 18.9 Å². The summed E-state index contributed by atoms with van der Waals surface area (Å²) in [6, 6.07) is 7.51. The Labute approximate surface area is 153 Å². The van der Waals surface area contributed by atoms with Gasteiger partial charge < -0.3 is 24.3 Å². The summed E-state index contributed by atoms with van der Waals surface area (Å²) in [5.41, 5.74) is 2.68. The van der Waals surface area contributed by atoms with Crippen molar-refractivity contribution >= 4 is 27.5 Å². The number of hydrogen-bond donors (Lipinski definition) is 1. The zero-order valence-corrected chi connectivity index (χ0v) is 15.3. The molecule has 0 aliphatic carbocycles. The van der Waals surface area contributed by atoms with E-state index in [9.17, 15) is 4.79 Å². The van der Waals surface area contributed by atoms with Gasteiger partial charge in [-0.05, 0) is 29.3 Å². The molecule has 0 fully saturated rings. The summed E-state index contributed by atoms with van der Waals surface area (Å²) < 4.78 is 22.5. The van der Waals surface area contributed by atoms with Gasteiger partial charge in [-0.1, -0.05) is 15.9 Å². The van der Waals surface area contributed by atoms with E-state index in [0.717, 1.165) is 21.3 Å². The zero-order chi connectivity index (χ0) is 17.6. The van der Waals surface area contributed by atoms with Crippen molar-refractivity contribution in [2.24, 2.45) is 0 Å². The van der Waals surface area contributed by atoms with Crippen LogP contribution < -0.4 is 24.3 Å². The Kier molecular flexibility index (Phi) is 3.95. The average Bonchev–Trinajstić information content (AvgIpc) is 3.06. The van der Waals surface area contributed by atoms with E-state index in [2.05, 4.69) is 21.2 Å². The minimum absolute atomic E-state index is 0.0435. The molecule has 1 unspecified atom stereocenters. The molecule has 7 heteroatoms. The van der Waals surface area contributed by atoms with Gasteiger partial charge in [0.1, 0.15) is 0 Å². The van der Waals surface area contributed by atoms with Crippen molar-refractivity contribution in [1.29, 1.82) is 0 Å². The Bertz CT molecular complexity index is 867. The predicted octanol–water partition coefficient (Wildman–Crippen LogP) is 3.67. The normalized spacial score (nSPS) is 17.7. The summed E-state index contributed by atoms with van der Waals surface area (Å²) in [5, 5.41) is 2.91. The largest absolute Gasteiger partial charge is 0.493 e. The van der Waals surface area contributed by atoms with Gasteiger partial charge >= 0.3 is 0 Å². The number of fused-ring (bicyclic) bond motifs is 2. The minimum Gasteiger partial charge on any atom is -0.493 e. The molecule has 2 heterocycles. The van der Waals surface area contributed by atoms with Gasteiger partial charge in [-0.2, -0.15) is 0 Å². The number of carbonyl (C=O) groups excluding carboxylic acids is 1. The van der Waals surface area contributed by atoms with Gasteiger partial charge in [0.25, 0.3) is 0 Å². The molecule has 130 valence electrons. The van der Waals surface area contributed by atoms with Gasteiger partial charge in [0.2, 0.25) is 12.7 Å². The second-order valence-electron chi connectivity index (χ2n) is 5.83. The molecule has 0 spiro atoms. The van der Waals surface area contributed by atoms with E-state index < -0.39 is 0 Å². The quantitative estimate of drug-likeness (QED) is 0.843. The molecule has 0 radical (unpaired) electrons. The lowest BCUT2D eigenvalue weighted by Gasteiger charge is -2.27. The SMILES string of the molecule is COc1cc(Br)c(C2CC(=O)Nc3cc4c(cc32)OCO4)cc1OC. The number of halogens is 1. The summed E-state index contributed by atoms with van der Waals surface area (Å²) >= 11 is 3.60. The highest BCUT2D eigenvalue weighted by atomic mass is 79.9. The first-order chi connectivity index (χ1) is 12.1. The van der Waals surface area contributed by atoms with Gasteiger partial charge in [-0.15, -0.1) is 0 Å². The van der Waals surface area contributed by atoms with Crippen LogP contribution in [0.4, 0.5) is 5.69 Å². The fourth-order valence-corrected chi connectivity index (χ4v) is 3.86.